The summed E-state index contributed by atoms with van der Waals surface area (Å²) in [7, 11) is 0. The predicted octanol–water partition coefficient (Wildman–Crippen LogP) is 2.06. The van der Waals surface area contributed by atoms with Crippen molar-refractivity contribution >= 4 is 27.7 Å². The van der Waals surface area contributed by atoms with Crippen LogP contribution in [-0.4, -0.2) is 27.5 Å². The first-order chi connectivity index (χ1) is 6.95. The third kappa shape index (κ3) is 1.14. The van der Waals surface area contributed by atoms with Gasteiger partial charge in [-0.1, -0.05) is 18.2 Å². The molecule has 3 nitrogen and oxygen atoms in total. The molecule has 2 heterocycles. The number of rotatable bonds is 1. The molecule has 0 saturated heterocycles. The average molecular weight is 203 g/mol. The quantitative estimate of drug-likeness (QED) is 0.770. The molecule has 70 valence electrons. The summed E-state index contributed by atoms with van der Waals surface area (Å²) < 4.78 is 0. The zero-order valence-corrected chi connectivity index (χ0v) is 8.34. The predicted molar refractivity (Wildman–Crippen MR) is 60.0 cm³/mol. The molecular weight excluding hydrogens is 194 g/mol. The van der Waals surface area contributed by atoms with Crippen LogP contribution in [0, 0.1) is 0 Å². The molecule has 0 bridgehead atoms. The lowest BCUT2D eigenvalue weighted by Crippen LogP contribution is -1.92. The summed E-state index contributed by atoms with van der Waals surface area (Å²) in [5.41, 5.74) is 2.08. The Hall–Kier alpha value is -1.29. The number of aliphatic imine (C=N–C) groups is 1. The Morgan fingerprint density at radius 1 is 1.29 bits per heavy atom. The number of para-hydroxylation sites is 1. The van der Waals surface area contributed by atoms with Gasteiger partial charge in [-0.15, -0.1) is 11.8 Å². The number of H-pyrrole nitrogens is 1. The summed E-state index contributed by atoms with van der Waals surface area (Å²) in [5.74, 6) is 1.08. The second kappa shape index (κ2) is 3.13. The van der Waals surface area contributed by atoms with Gasteiger partial charge in [0, 0.05) is 17.7 Å². The number of benzene rings is 1. The topological polar surface area (TPSA) is 41.0 Å². The van der Waals surface area contributed by atoms with Gasteiger partial charge in [0.15, 0.2) is 0 Å². The van der Waals surface area contributed by atoms with Crippen LogP contribution in [-0.2, 0) is 0 Å². The van der Waals surface area contributed by atoms with E-state index in [-0.39, 0.29) is 0 Å². The van der Waals surface area contributed by atoms with E-state index in [4.69, 9.17) is 0 Å². The first-order valence-electron chi connectivity index (χ1n) is 4.56. The van der Waals surface area contributed by atoms with Crippen LogP contribution in [0.15, 0.2) is 29.3 Å². The molecule has 3 rings (SSSR count). The van der Waals surface area contributed by atoms with Crippen molar-refractivity contribution in [3.8, 4) is 0 Å². The van der Waals surface area contributed by atoms with Crippen LogP contribution in [0.2, 0.25) is 0 Å². The number of nitrogens with zero attached hydrogens (tertiary/aromatic N) is 2. The number of thioether (sulfide) groups is 1. The fraction of sp³-hybridized carbons (Fsp3) is 0.200. The van der Waals surface area contributed by atoms with Crippen molar-refractivity contribution in [3.05, 3.63) is 30.0 Å². The highest BCUT2D eigenvalue weighted by atomic mass is 32.2. The maximum atomic E-state index is 4.43. The summed E-state index contributed by atoms with van der Waals surface area (Å²) in [6, 6.07) is 8.15. The van der Waals surface area contributed by atoms with Crippen LogP contribution < -0.4 is 0 Å². The van der Waals surface area contributed by atoms with E-state index in [2.05, 4.69) is 21.3 Å². The molecule has 1 aromatic heterocycles. The lowest BCUT2D eigenvalue weighted by atomic mass is 10.2. The van der Waals surface area contributed by atoms with Gasteiger partial charge in [0.25, 0.3) is 0 Å². The molecule has 0 amide bonds. The largest absolute Gasteiger partial charge is 0.277 e. The Morgan fingerprint density at radius 2 is 2.21 bits per heavy atom. The standard InChI is InChI=1S/C10H9N3S/c1-2-4-8-7(3-1)9(13-12-8)10-11-5-6-14-10/h1-4H,5-6H2,(H,12,13). The van der Waals surface area contributed by atoms with Gasteiger partial charge in [-0.3, -0.25) is 10.1 Å². The monoisotopic (exact) mass is 203 g/mol. The first kappa shape index (κ1) is 8.05. The summed E-state index contributed by atoms with van der Waals surface area (Å²) in [5, 5.41) is 9.56. The molecular formula is C10H9N3S. The number of hydrogen-bond donors (Lipinski definition) is 1. The third-order valence-electron chi connectivity index (χ3n) is 2.26. The fourth-order valence-electron chi connectivity index (χ4n) is 1.60. The molecule has 0 spiro atoms. The van der Waals surface area contributed by atoms with Gasteiger partial charge < -0.3 is 0 Å². The van der Waals surface area contributed by atoms with Gasteiger partial charge in [-0.25, -0.2) is 0 Å². The summed E-state index contributed by atoms with van der Waals surface area (Å²) in [6.07, 6.45) is 0. The van der Waals surface area contributed by atoms with Gasteiger partial charge in [0.05, 0.1) is 5.52 Å². The summed E-state index contributed by atoms with van der Waals surface area (Å²) in [4.78, 5) is 4.43. The van der Waals surface area contributed by atoms with E-state index < -0.39 is 0 Å². The maximum absolute atomic E-state index is 4.43. The minimum absolute atomic E-state index is 0.918. The maximum Gasteiger partial charge on any atom is 0.124 e. The van der Waals surface area contributed by atoms with E-state index in [0.717, 1.165) is 28.6 Å². The van der Waals surface area contributed by atoms with E-state index in [9.17, 15) is 0 Å². The number of aromatic amines is 1. The Bertz CT molecular complexity index is 501. The van der Waals surface area contributed by atoms with Crippen LogP contribution in [0.1, 0.15) is 5.69 Å². The van der Waals surface area contributed by atoms with Crippen molar-refractivity contribution in [2.45, 2.75) is 0 Å². The normalized spacial score (nSPS) is 16.1. The van der Waals surface area contributed by atoms with Gasteiger partial charge in [0.2, 0.25) is 0 Å². The van der Waals surface area contributed by atoms with Gasteiger partial charge in [-0.05, 0) is 6.07 Å². The molecule has 1 aliphatic heterocycles. The SMILES string of the molecule is c1ccc2c(C3=NCCS3)n[nH]c2c1. The smallest absolute Gasteiger partial charge is 0.124 e. The second-order valence-corrected chi connectivity index (χ2v) is 4.24. The molecule has 14 heavy (non-hydrogen) atoms. The highest BCUT2D eigenvalue weighted by Crippen LogP contribution is 2.23. The molecule has 1 N–H and O–H groups in total. The molecule has 1 aliphatic rings. The molecule has 0 unspecified atom stereocenters. The molecule has 0 saturated carbocycles. The van der Waals surface area contributed by atoms with Gasteiger partial charge in [0.1, 0.15) is 10.7 Å². The van der Waals surface area contributed by atoms with Gasteiger partial charge in [-0.2, -0.15) is 5.10 Å². The number of hydrogen-bond acceptors (Lipinski definition) is 3. The van der Waals surface area contributed by atoms with E-state index in [0.29, 0.717) is 0 Å². The van der Waals surface area contributed by atoms with Gasteiger partial charge >= 0.3 is 0 Å². The van der Waals surface area contributed by atoms with Crippen molar-refractivity contribution in [1.29, 1.82) is 0 Å². The minimum atomic E-state index is 0.918. The number of fused-ring (bicyclic) bond motifs is 1. The van der Waals surface area contributed by atoms with E-state index in [1.165, 1.54) is 5.39 Å². The summed E-state index contributed by atoms with van der Waals surface area (Å²) in [6.45, 7) is 0.918. The second-order valence-electron chi connectivity index (χ2n) is 3.15. The molecule has 2 aromatic rings. The molecule has 0 aliphatic carbocycles. The van der Waals surface area contributed by atoms with E-state index in [1.807, 2.05) is 18.2 Å². The highest BCUT2D eigenvalue weighted by Gasteiger charge is 2.15. The Morgan fingerprint density at radius 3 is 3.07 bits per heavy atom. The van der Waals surface area contributed by atoms with Crippen molar-refractivity contribution in [2.75, 3.05) is 12.3 Å². The zero-order valence-electron chi connectivity index (χ0n) is 7.53. The lowest BCUT2D eigenvalue weighted by molar-refractivity contribution is 1.10. The lowest BCUT2D eigenvalue weighted by Gasteiger charge is -1.93. The van der Waals surface area contributed by atoms with Crippen LogP contribution in [0.3, 0.4) is 0 Å². The third-order valence-corrected chi connectivity index (χ3v) is 3.24. The Labute approximate surface area is 85.6 Å². The van der Waals surface area contributed by atoms with Crippen LogP contribution >= 0.6 is 11.8 Å². The molecule has 4 heteroatoms. The summed E-state index contributed by atoms with van der Waals surface area (Å²) >= 11 is 1.78. The molecule has 0 radical (unpaired) electrons. The average Bonchev–Trinajstić information content (AvgIpc) is 2.85. The molecule has 0 fully saturated rings. The minimum Gasteiger partial charge on any atom is -0.277 e. The highest BCUT2D eigenvalue weighted by molar-refractivity contribution is 8.14. The van der Waals surface area contributed by atoms with Crippen LogP contribution in [0.5, 0.6) is 0 Å². The van der Waals surface area contributed by atoms with Crippen molar-refractivity contribution in [2.24, 2.45) is 4.99 Å². The molecule has 1 aromatic carbocycles. The van der Waals surface area contributed by atoms with Crippen molar-refractivity contribution in [1.82, 2.24) is 10.2 Å². The van der Waals surface area contributed by atoms with Crippen molar-refractivity contribution in [3.63, 3.8) is 0 Å². The number of nitrogens with one attached hydrogen (secondary N) is 1. The van der Waals surface area contributed by atoms with Crippen molar-refractivity contribution < 1.29 is 0 Å². The Balaban J connectivity index is 2.21. The Kier molecular flexibility index (Phi) is 1.80. The number of aromatic nitrogens is 2. The first-order valence-corrected chi connectivity index (χ1v) is 5.54. The van der Waals surface area contributed by atoms with Crippen LogP contribution in [0.4, 0.5) is 0 Å². The molecule has 0 atom stereocenters. The zero-order chi connectivity index (χ0) is 9.38. The fourth-order valence-corrected chi connectivity index (χ4v) is 2.46. The van der Waals surface area contributed by atoms with Crippen LogP contribution in [0.25, 0.3) is 10.9 Å². The van der Waals surface area contributed by atoms with E-state index in [1.54, 1.807) is 11.8 Å². The van der Waals surface area contributed by atoms with E-state index >= 15 is 0 Å².